The zero-order valence-electron chi connectivity index (χ0n) is 22.7. The van der Waals surface area contributed by atoms with Crippen LogP contribution in [0.5, 0.6) is 5.75 Å². The number of nitrogens with zero attached hydrogens (tertiary/aromatic N) is 2. The van der Waals surface area contributed by atoms with Gasteiger partial charge in [-0.3, -0.25) is 13.9 Å². The number of hydrogen-bond donors (Lipinski definition) is 1. The number of halogens is 4. The normalized spacial score (nSPS) is 12.4. The van der Waals surface area contributed by atoms with Crippen LogP contribution in [0.2, 0.25) is 5.02 Å². The molecule has 0 aromatic heterocycles. The van der Waals surface area contributed by atoms with Crippen molar-refractivity contribution >= 4 is 39.1 Å². The first-order chi connectivity index (χ1) is 19.2. The quantitative estimate of drug-likeness (QED) is 0.347. The van der Waals surface area contributed by atoms with Gasteiger partial charge in [0.1, 0.15) is 18.3 Å². The van der Waals surface area contributed by atoms with E-state index in [0.29, 0.717) is 21.7 Å². The Labute approximate surface area is 241 Å². The van der Waals surface area contributed by atoms with Gasteiger partial charge in [0.25, 0.3) is 10.0 Å². The summed E-state index contributed by atoms with van der Waals surface area (Å²) in [6, 6.07) is 13.8. The molecule has 0 spiro atoms. The summed E-state index contributed by atoms with van der Waals surface area (Å²) in [7, 11) is -1.68. The monoisotopic (exact) mass is 611 g/mol. The molecular weight excluding hydrogens is 583 g/mol. The van der Waals surface area contributed by atoms with Crippen molar-refractivity contribution in [2.24, 2.45) is 0 Å². The number of hydrogen-bond acceptors (Lipinski definition) is 5. The lowest BCUT2D eigenvalue weighted by molar-refractivity contribution is -0.139. The van der Waals surface area contributed by atoms with Gasteiger partial charge in [0, 0.05) is 13.6 Å². The number of sulfonamides is 1. The second-order valence-electron chi connectivity index (χ2n) is 9.15. The van der Waals surface area contributed by atoms with Crippen LogP contribution in [-0.2, 0) is 32.3 Å². The molecule has 0 saturated heterocycles. The molecule has 41 heavy (non-hydrogen) atoms. The van der Waals surface area contributed by atoms with Gasteiger partial charge >= 0.3 is 6.18 Å². The molecule has 0 heterocycles. The molecular formula is C28H29ClF3N3O5S. The molecule has 8 nitrogen and oxygen atoms in total. The topological polar surface area (TPSA) is 96.0 Å². The molecule has 0 aliphatic rings. The Morgan fingerprint density at radius 1 is 1.02 bits per heavy atom. The lowest BCUT2D eigenvalue weighted by Crippen LogP contribution is -2.50. The number of methoxy groups -OCH3 is 1. The van der Waals surface area contributed by atoms with Crippen molar-refractivity contribution in [3.8, 4) is 5.75 Å². The Kier molecular flexibility index (Phi) is 9.93. The smallest absolute Gasteiger partial charge is 0.417 e. The summed E-state index contributed by atoms with van der Waals surface area (Å²) in [4.78, 5) is 27.2. The third kappa shape index (κ3) is 7.50. The fourth-order valence-electron chi connectivity index (χ4n) is 3.97. The molecule has 1 atom stereocenters. The van der Waals surface area contributed by atoms with Gasteiger partial charge in [-0.1, -0.05) is 41.4 Å². The fraction of sp³-hybridized carbons (Fsp3) is 0.286. The van der Waals surface area contributed by atoms with Crippen LogP contribution >= 0.6 is 11.6 Å². The average molecular weight is 612 g/mol. The Balaban J connectivity index is 2.11. The zero-order valence-corrected chi connectivity index (χ0v) is 24.3. The van der Waals surface area contributed by atoms with Gasteiger partial charge in [-0.05, 0) is 61.9 Å². The molecule has 13 heteroatoms. The Morgan fingerprint density at radius 2 is 1.63 bits per heavy atom. The number of ether oxygens (including phenoxy) is 1. The number of amides is 2. The fourth-order valence-corrected chi connectivity index (χ4v) is 5.60. The van der Waals surface area contributed by atoms with E-state index in [2.05, 4.69) is 5.32 Å². The molecule has 0 aliphatic heterocycles. The maximum absolute atomic E-state index is 13.8. The van der Waals surface area contributed by atoms with Gasteiger partial charge in [-0.2, -0.15) is 13.2 Å². The number of aryl methyl sites for hydroxylation is 1. The van der Waals surface area contributed by atoms with E-state index in [4.69, 9.17) is 16.3 Å². The third-order valence-electron chi connectivity index (χ3n) is 6.36. The Bertz CT molecular complexity index is 1500. The van der Waals surface area contributed by atoms with Gasteiger partial charge in [0.15, 0.2) is 0 Å². The second-order valence-corrected chi connectivity index (χ2v) is 11.4. The molecule has 0 fully saturated rings. The van der Waals surface area contributed by atoms with E-state index < -0.39 is 56.9 Å². The van der Waals surface area contributed by atoms with Crippen LogP contribution in [0.15, 0.2) is 71.6 Å². The van der Waals surface area contributed by atoms with E-state index in [1.54, 1.807) is 31.2 Å². The van der Waals surface area contributed by atoms with E-state index in [-0.39, 0.29) is 11.4 Å². The highest BCUT2D eigenvalue weighted by Gasteiger charge is 2.36. The lowest BCUT2D eigenvalue weighted by atomic mass is 10.1. The predicted octanol–water partition coefficient (Wildman–Crippen LogP) is 5.03. The molecule has 0 radical (unpaired) electrons. The van der Waals surface area contributed by atoms with Crippen molar-refractivity contribution in [2.75, 3.05) is 25.0 Å². The van der Waals surface area contributed by atoms with Gasteiger partial charge in [-0.15, -0.1) is 0 Å². The third-order valence-corrected chi connectivity index (χ3v) is 8.47. The average Bonchev–Trinajstić information content (AvgIpc) is 2.94. The molecule has 3 aromatic carbocycles. The van der Waals surface area contributed by atoms with Crippen LogP contribution in [-0.4, -0.2) is 51.9 Å². The van der Waals surface area contributed by atoms with Crippen molar-refractivity contribution in [3.05, 3.63) is 88.4 Å². The zero-order chi connectivity index (χ0) is 30.5. The first-order valence-corrected chi connectivity index (χ1v) is 14.1. The maximum atomic E-state index is 13.8. The van der Waals surface area contributed by atoms with Crippen LogP contribution < -0.4 is 14.4 Å². The maximum Gasteiger partial charge on any atom is 0.417 e. The summed E-state index contributed by atoms with van der Waals surface area (Å²) in [5, 5.41) is 1.83. The number of likely N-dealkylation sites (N-methyl/N-ethyl adjacent to an activating group) is 1. The lowest BCUT2D eigenvalue weighted by Gasteiger charge is -2.32. The highest BCUT2D eigenvalue weighted by molar-refractivity contribution is 7.92. The number of rotatable bonds is 10. The summed E-state index contributed by atoms with van der Waals surface area (Å²) in [6.07, 6.45) is -4.88. The van der Waals surface area contributed by atoms with Crippen molar-refractivity contribution in [2.45, 2.75) is 37.5 Å². The van der Waals surface area contributed by atoms with Gasteiger partial charge in [0.2, 0.25) is 11.8 Å². The minimum atomic E-state index is -4.88. The molecule has 1 unspecified atom stereocenters. The molecule has 3 rings (SSSR count). The van der Waals surface area contributed by atoms with Crippen LogP contribution in [0.25, 0.3) is 0 Å². The van der Waals surface area contributed by atoms with Gasteiger partial charge in [-0.25, -0.2) is 8.42 Å². The summed E-state index contributed by atoms with van der Waals surface area (Å²) in [6.45, 7) is 2.21. The molecule has 0 bridgehead atoms. The summed E-state index contributed by atoms with van der Waals surface area (Å²) >= 11 is 5.78. The standard InChI is InChI=1S/C28H29ClF3N3O5S/c1-18-5-12-23(13-6-18)41(38,39)35(21-9-14-25(29)24(15-21)28(30,31)32)17-26(36)34(19(2)27(37)33-3)16-20-7-10-22(40-4)11-8-20/h5-15,19H,16-17H2,1-4H3,(H,33,37). The van der Waals surface area contributed by atoms with Gasteiger partial charge < -0.3 is 15.0 Å². The van der Waals surface area contributed by atoms with Crippen molar-refractivity contribution < 1.29 is 35.9 Å². The Hall–Kier alpha value is -3.77. The Morgan fingerprint density at radius 3 is 2.17 bits per heavy atom. The first-order valence-electron chi connectivity index (χ1n) is 12.3. The van der Waals surface area contributed by atoms with Crippen LogP contribution in [0.1, 0.15) is 23.6 Å². The number of anilines is 1. The van der Waals surface area contributed by atoms with Crippen molar-refractivity contribution in [3.63, 3.8) is 0 Å². The number of carbonyl (C=O) groups is 2. The number of nitrogens with one attached hydrogen (secondary N) is 1. The summed E-state index contributed by atoms with van der Waals surface area (Å²) < 4.78 is 74.4. The second kappa shape index (κ2) is 12.8. The van der Waals surface area contributed by atoms with Crippen molar-refractivity contribution in [1.82, 2.24) is 10.2 Å². The molecule has 0 aliphatic carbocycles. The summed E-state index contributed by atoms with van der Waals surface area (Å²) in [5.41, 5.74) is -0.328. The molecule has 0 saturated carbocycles. The van der Waals surface area contributed by atoms with Crippen LogP contribution in [0, 0.1) is 6.92 Å². The molecule has 3 aromatic rings. The number of alkyl halides is 3. The van der Waals surface area contributed by atoms with E-state index >= 15 is 0 Å². The van der Waals surface area contributed by atoms with E-state index in [9.17, 15) is 31.2 Å². The van der Waals surface area contributed by atoms with Crippen LogP contribution in [0.3, 0.4) is 0 Å². The highest BCUT2D eigenvalue weighted by Crippen LogP contribution is 2.38. The van der Waals surface area contributed by atoms with E-state index in [0.717, 1.165) is 22.6 Å². The minimum Gasteiger partial charge on any atom is -0.497 e. The highest BCUT2D eigenvalue weighted by atomic mass is 35.5. The number of carbonyl (C=O) groups excluding carboxylic acids is 2. The SMILES string of the molecule is CNC(=O)C(C)N(Cc1ccc(OC)cc1)C(=O)CN(c1ccc(Cl)c(C(F)(F)F)c1)S(=O)(=O)c1ccc(C)cc1. The van der Waals surface area contributed by atoms with Gasteiger partial charge in [0.05, 0.1) is 28.3 Å². The van der Waals surface area contributed by atoms with E-state index in [1.807, 2.05) is 0 Å². The molecule has 2 amide bonds. The minimum absolute atomic E-state index is 0.0930. The largest absolute Gasteiger partial charge is 0.497 e. The molecule has 1 N–H and O–H groups in total. The van der Waals surface area contributed by atoms with Crippen LogP contribution in [0.4, 0.5) is 18.9 Å². The summed E-state index contributed by atoms with van der Waals surface area (Å²) in [5.74, 6) is -0.786. The van der Waals surface area contributed by atoms with E-state index in [1.165, 1.54) is 45.3 Å². The number of benzene rings is 3. The predicted molar refractivity (Wildman–Crippen MR) is 149 cm³/mol. The first kappa shape index (κ1) is 31.8. The van der Waals surface area contributed by atoms with Crippen molar-refractivity contribution in [1.29, 1.82) is 0 Å². The molecule has 220 valence electrons.